The molecule has 0 radical (unpaired) electrons. The van der Waals surface area contributed by atoms with Crippen molar-refractivity contribution in [1.82, 2.24) is 3.97 Å². The van der Waals surface area contributed by atoms with Gasteiger partial charge in [0.15, 0.2) is 0 Å². The maximum Gasteiger partial charge on any atom is 1.00 e. The Morgan fingerprint density at radius 1 is 1.10 bits per heavy atom. The van der Waals surface area contributed by atoms with Crippen LogP contribution in [0.3, 0.4) is 0 Å². The number of nitrogens with zero attached hydrogens (tertiary/aromatic N) is 1. The molecule has 2 aromatic carbocycles. The van der Waals surface area contributed by atoms with Gasteiger partial charge in [-0.2, -0.15) is 6.07 Å². The Balaban J connectivity index is 0.00000161. The second kappa shape index (κ2) is 5.98. The van der Waals surface area contributed by atoms with E-state index in [-0.39, 0.29) is 23.8 Å². The zero-order chi connectivity index (χ0) is 14.2. The monoisotopic (exact) mass is 293 g/mol. The number of rotatable bonds is 3. The van der Waals surface area contributed by atoms with Gasteiger partial charge in [-0.3, -0.25) is 0 Å². The molecule has 3 rings (SSSR count). The smallest absolute Gasteiger partial charge is 0.498 e. The van der Waals surface area contributed by atoms with Crippen molar-refractivity contribution in [3.63, 3.8) is 0 Å². The Morgan fingerprint density at radius 3 is 2.48 bits per heavy atom. The molecule has 4 nitrogen and oxygen atoms in total. The van der Waals surface area contributed by atoms with Crippen LogP contribution in [-0.4, -0.2) is 19.5 Å². The summed E-state index contributed by atoms with van der Waals surface area (Å²) < 4.78 is 31.4. The molecule has 0 aliphatic rings. The molecule has 0 amide bonds. The maximum absolute atomic E-state index is 12.6. The third-order valence-corrected chi connectivity index (χ3v) is 4.72. The Morgan fingerprint density at radius 2 is 1.81 bits per heavy atom. The third kappa shape index (κ3) is 2.73. The first-order chi connectivity index (χ1) is 9.63. The van der Waals surface area contributed by atoms with Crippen molar-refractivity contribution in [3.05, 3.63) is 60.8 Å². The summed E-state index contributed by atoms with van der Waals surface area (Å²) in [7, 11) is -2.05. The van der Waals surface area contributed by atoms with Crippen LogP contribution in [-0.2, 0) is 10.0 Å². The number of benzene rings is 2. The number of hydrogen-bond acceptors (Lipinski definition) is 3. The van der Waals surface area contributed by atoms with E-state index in [4.69, 9.17) is 4.74 Å². The first-order valence-electron chi connectivity index (χ1n) is 6.01. The molecule has 0 saturated heterocycles. The summed E-state index contributed by atoms with van der Waals surface area (Å²) in [5.41, 5.74) is 0.578. The van der Waals surface area contributed by atoms with E-state index in [2.05, 4.69) is 6.20 Å². The van der Waals surface area contributed by atoms with Crippen molar-refractivity contribution >= 4 is 20.9 Å². The van der Waals surface area contributed by atoms with Crippen LogP contribution in [0.5, 0.6) is 5.75 Å². The Bertz CT molecular complexity index is 857. The average Bonchev–Trinajstić information content (AvgIpc) is 2.91. The van der Waals surface area contributed by atoms with E-state index in [1.807, 2.05) is 0 Å². The van der Waals surface area contributed by atoms with E-state index in [1.165, 1.54) is 0 Å². The fraction of sp³-hybridized carbons (Fsp3) is 0.0667. The zero-order valence-electron chi connectivity index (χ0n) is 11.8. The van der Waals surface area contributed by atoms with Crippen LogP contribution >= 0.6 is 0 Å². The third-order valence-electron chi connectivity index (χ3n) is 3.07. The van der Waals surface area contributed by atoms with Gasteiger partial charge in [0.1, 0.15) is 5.75 Å². The van der Waals surface area contributed by atoms with Gasteiger partial charge in [-0.25, -0.2) is 8.42 Å². The number of aromatic nitrogens is 1. The molecule has 0 saturated carbocycles. The summed E-state index contributed by atoms with van der Waals surface area (Å²) in [6.07, 6.45) is 2.78. The zero-order valence-corrected chi connectivity index (χ0v) is 12.6. The van der Waals surface area contributed by atoms with Crippen molar-refractivity contribution in [2.45, 2.75) is 4.90 Å². The topological polar surface area (TPSA) is 48.3 Å². The van der Waals surface area contributed by atoms with Crippen LogP contribution in [0.2, 0.25) is 0 Å². The summed E-state index contributed by atoms with van der Waals surface area (Å²) in [5, 5.41) is 0.767. The predicted molar refractivity (Wildman–Crippen MR) is 76.4 cm³/mol. The van der Waals surface area contributed by atoms with Gasteiger partial charge in [0, 0.05) is 0 Å². The van der Waals surface area contributed by atoms with Crippen LogP contribution in [0.25, 0.3) is 10.9 Å². The molecule has 6 heteroatoms. The fourth-order valence-corrected chi connectivity index (χ4v) is 3.38. The molecule has 102 valence electrons. The van der Waals surface area contributed by atoms with Gasteiger partial charge in [-0.15, -0.1) is 11.5 Å². The molecule has 0 fully saturated rings. The second-order valence-electron chi connectivity index (χ2n) is 4.28. The minimum atomic E-state index is -3.62. The van der Waals surface area contributed by atoms with Gasteiger partial charge in [0.05, 0.1) is 12.0 Å². The number of hydrogen-bond donors (Lipinski definition) is 0. The average molecular weight is 293 g/mol. The standard InChI is InChI=1S/C15H12NO3S.Li/c1-19-13-7-8-15-12(11-13)9-10-16(15)20(17,18)14-5-3-2-4-6-14;/h2-9,11H,1H3;/q-1;+1. The molecule has 0 spiro atoms. The molecular weight excluding hydrogens is 281 g/mol. The summed E-state index contributed by atoms with van der Waals surface area (Å²) >= 11 is 0. The molecule has 3 aromatic rings. The van der Waals surface area contributed by atoms with Crippen molar-refractivity contribution in [2.24, 2.45) is 0 Å². The summed E-state index contributed by atoms with van der Waals surface area (Å²) in [5.74, 6) is 0.681. The normalized spacial score (nSPS) is 11.1. The first-order valence-corrected chi connectivity index (χ1v) is 7.45. The molecule has 1 heterocycles. The van der Waals surface area contributed by atoms with Crippen molar-refractivity contribution in [1.29, 1.82) is 0 Å². The van der Waals surface area contributed by atoms with Crippen LogP contribution in [0, 0.1) is 6.20 Å². The Hall–Kier alpha value is -1.67. The van der Waals surface area contributed by atoms with Crippen LogP contribution in [0.4, 0.5) is 0 Å². The summed E-state index contributed by atoms with van der Waals surface area (Å²) in [6.45, 7) is 0. The quantitative estimate of drug-likeness (QED) is 0.492. The van der Waals surface area contributed by atoms with Gasteiger partial charge in [-0.1, -0.05) is 36.0 Å². The van der Waals surface area contributed by atoms with Crippen LogP contribution in [0.15, 0.2) is 59.5 Å². The molecule has 0 aliphatic carbocycles. The van der Waals surface area contributed by atoms with Crippen LogP contribution in [0.1, 0.15) is 0 Å². The van der Waals surface area contributed by atoms with E-state index >= 15 is 0 Å². The van der Waals surface area contributed by atoms with Gasteiger partial charge in [0.25, 0.3) is 0 Å². The largest absolute Gasteiger partial charge is 1.00 e. The van der Waals surface area contributed by atoms with E-state index in [0.717, 1.165) is 9.36 Å². The number of fused-ring (bicyclic) bond motifs is 1. The first kappa shape index (κ1) is 15.7. The van der Waals surface area contributed by atoms with E-state index in [9.17, 15) is 8.42 Å². The molecular formula is C15H12LiNO3S. The molecule has 0 atom stereocenters. The maximum atomic E-state index is 12.6. The minimum absolute atomic E-state index is 0. The predicted octanol–water partition coefficient (Wildman–Crippen LogP) is -0.309. The van der Waals surface area contributed by atoms with Gasteiger partial charge in [-0.05, 0) is 18.2 Å². The number of ether oxygens (including phenoxy) is 1. The molecule has 1 aromatic heterocycles. The minimum Gasteiger partial charge on any atom is -0.498 e. The van der Waals surface area contributed by atoms with Crippen molar-refractivity contribution in [3.8, 4) is 5.75 Å². The Kier molecular flexibility index (Phi) is 4.48. The van der Waals surface area contributed by atoms with E-state index in [0.29, 0.717) is 11.3 Å². The number of methoxy groups -OCH3 is 1. The molecule has 21 heavy (non-hydrogen) atoms. The Labute approximate surface area is 135 Å². The SMILES string of the molecule is COc1ccc2c(c[c-]n2S(=O)(=O)c2ccccc2)c1.[Li+]. The molecule has 0 unspecified atom stereocenters. The molecule has 0 aliphatic heterocycles. The van der Waals surface area contributed by atoms with Crippen LogP contribution < -0.4 is 23.6 Å². The summed E-state index contributed by atoms with van der Waals surface area (Å²) in [4.78, 5) is 0.240. The van der Waals surface area contributed by atoms with Crippen molar-refractivity contribution < 1.29 is 32.0 Å². The van der Waals surface area contributed by atoms with Crippen molar-refractivity contribution in [2.75, 3.05) is 7.11 Å². The van der Waals surface area contributed by atoms with Gasteiger partial charge < -0.3 is 8.71 Å². The van der Waals surface area contributed by atoms with Gasteiger partial charge in [0.2, 0.25) is 10.0 Å². The summed E-state index contributed by atoms with van der Waals surface area (Å²) in [6, 6.07) is 15.2. The molecule has 0 bridgehead atoms. The van der Waals surface area contributed by atoms with Gasteiger partial charge >= 0.3 is 18.9 Å². The fourth-order valence-electron chi connectivity index (χ4n) is 2.05. The molecule has 0 N–H and O–H groups in total. The van der Waals surface area contributed by atoms with E-state index < -0.39 is 10.0 Å². The van der Waals surface area contributed by atoms with E-state index in [1.54, 1.807) is 61.7 Å². The second-order valence-corrected chi connectivity index (χ2v) is 6.07.